The van der Waals surface area contributed by atoms with Crippen molar-refractivity contribution in [3.05, 3.63) is 57.3 Å². The highest BCUT2D eigenvalue weighted by molar-refractivity contribution is 7.35. The first-order valence-electron chi connectivity index (χ1n) is 5.20. The van der Waals surface area contributed by atoms with Gasteiger partial charge in [0, 0.05) is 14.4 Å². The van der Waals surface area contributed by atoms with E-state index in [1.54, 1.807) is 34.8 Å². The molecule has 0 aliphatic heterocycles. The molecule has 0 saturated heterocycles. The molecule has 1 heterocycles. The summed E-state index contributed by atoms with van der Waals surface area (Å²) < 4.78 is 16.0. The molecule has 5 heteroatoms. The number of benzene rings is 2. The van der Waals surface area contributed by atoms with Gasteiger partial charge < -0.3 is 0 Å². The average Bonchev–Trinajstić information content (AvgIpc) is 2.73. The van der Waals surface area contributed by atoms with Gasteiger partial charge in [-0.3, -0.25) is 0 Å². The first-order chi connectivity index (χ1) is 8.70. The van der Waals surface area contributed by atoms with E-state index in [1.807, 2.05) is 18.2 Å². The van der Waals surface area contributed by atoms with Crippen LogP contribution in [0.1, 0.15) is 0 Å². The van der Waals surface area contributed by atoms with Gasteiger partial charge in [0.15, 0.2) is 3.98 Å². The van der Waals surface area contributed by atoms with Crippen LogP contribution in [0.2, 0.25) is 5.02 Å². The van der Waals surface area contributed by atoms with Gasteiger partial charge in [0.25, 0.3) is 0 Å². The fourth-order valence-corrected chi connectivity index (χ4v) is 4.04. The van der Waals surface area contributed by atoms with Crippen molar-refractivity contribution >= 4 is 49.4 Å². The molecule has 2 aromatic carbocycles. The van der Waals surface area contributed by atoms with Crippen LogP contribution in [0.4, 0.5) is 10.1 Å². The Kier molecular flexibility index (Phi) is 3.16. The summed E-state index contributed by atoms with van der Waals surface area (Å²) in [4.78, 5) is 4.48. The molecular formula is C13H7ClFNS2. The van der Waals surface area contributed by atoms with E-state index >= 15 is 0 Å². The van der Waals surface area contributed by atoms with Crippen LogP contribution in [0.5, 0.6) is 0 Å². The molecule has 0 N–H and O–H groups in total. The summed E-state index contributed by atoms with van der Waals surface area (Å²) in [7, 11) is 0. The molecule has 0 unspecified atom stereocenters. The molecule has 3 rings (SSSR count). The summed E-state index contributed by atoms with van der Waals surface area (Å²) in [6, 6.07) is 11.9. The second-order valence-corrected chi connectivity index (χ2v) is 6.41. The Hall–Kier alpha value is -1.23. The molecule has 3 aromatic rings. The normalized spacial score (nSPS) is 12.2. The van der Waals surface area contributed by atoms with Crippen molar-refractivity contribution < 1.29 is 4.39 Å². The lowest BCUT2D eigenvalue weighted by Crippen LogP contribution is -1.83. The van der Waals surface area contributed by atoms with Crippen LogP contribution in [0.3, 0.4) is 0 Å². The van der Waals surface area contributed by atoms with Gasteiger partial charge in [-0.05, 0) is 42.5 Å². The Morgan fingerprint density at radius 2 is 1.67 bits per heavy atom. The molecule has 90 valence electrons. The van der Waals surface area contributed by atoms with Crippen LogP contribution in [0, 0.1) is 5.82 Å². The minimum absolute atomic E-state index is 0.249. The maximum absolute atomic E-state index is 12.8. The highest BCUT2D eigenvalue weighted by Crippen LogP contribution is 2.25. The zero-order chi connectivity index (χ0) is 12.5. The second-order valence-electron chi connectivity index (χ2n) is 3.65. The molecule has 0 saturated carbocycles. The lowest BCUT2D eigenvalue weighted by molar-refractivity contribution is 0.628. The lowest BCUT2D eigenvalue weighted by Gasteiger charge is -1.89. The van der Waals surface area contributed by atoms with E-state index in [1.165, 1.54) is 12.1 Å². The number of halogens is 2. The van der Waals surface area contributed by atoms with Gasteiger partial charge in [0.1, 0.15) is 5.82 Å². The van der Waals surface area contributed by atoms with E-state index in [0.29, 0.717) is 0 Å². The highest BCUT2D eigenvalue weighted by Gasteiger charge is 2.00. The summed E-state index contributed by atoms with van der Waals surface area (Å²) in [5.41, 5.74) is 0.755. The highest BCUT2D eigenvalue weighted by atomic mass is 35.5. The van der Waals surface area contributed by atoms with Crippen LogP contribution in [0.25, 0.3) is 9.40 Å². The molecule has 0 aliphatic carbocycles. The summed E-state index contributed by atoms with van der Waals surface area (Å²) in [5, 5.41) is 0.727. The van der Waals surface area contributed by atoms with Gasteiger partial charge in [-0.1, -0.05) is 11.6 Å². The SMILES string of the molecule is Fc1ccc(/N=c2\sc3ccc(Cl)cc3s2)cc1. The smallest absolute Gasteiger partial charge is 0.172 e. The zero-order valence-electron chi connectivity index (χ0n) is 9.06. The maximum Gasteiger partial charge on any atom is 0.172 e. The molecule has 1 nitrogen and oxygen atoms in total. The van der Waals surface area contributed by atoms with Gasteiger partial charge in [0.2, 0.25) is 0 Å². The Morgan fingerprint density at radius 3 is 2.44 bits per heavy atom. The second kappa shape index (κ2) is 4.80. The van der Waals surface area contributed by atoms with Crippen molar-refractivity contribution in [2.75, 3.05) is 0 Å². The third-order valence-corrected chi connectivity index (χ3v) is 4.88. The molecule has 0 bridgehead atoms. The Morgan fingerprint density at radius 1 is 0.944 bits per heavy atom. The number of fused-ring (bicyclic) bond motifs is 1. The standard InChI is InChI=1S/C13H7ClFNS2/c14-8-1-6-11-12(7-8)18-13(17-11)16-10-4-2-9(15)3-5-10/h1-7H/b16-13+. The predicted octanol–water partition coefficient (Wildman–Crippen LogP) is 4.99. The Bertz CT molecular complexity index is 759. The molecule has 18 heavy (non-hydrogen) atoms. The monoisotopic (exact) mass is 295 g/mol. The van der Waals surface area contributed by atoms with Crippen molar-refractivity contribution in [2.24, 2.45) is 4.99 Å². The number of nitrogens with zero attached hydrogens (tertiary/aromatic N) is 1. The lowest BCUT2D eigenvalue weighted by atomic mass is 10.3. The fourth-order valence-electron chi connectivity index (χ4n) is 1.52. The van der Waals surface area contributed by atoms with Crippen LogP contribution >= 0.6 is 34.3 Å². The average molecular weight is 296 g/mol. The predicted molar refractivity (Wildman–Crippen MR) is 76.3 cm³/mol. The van der Waals surface area contributed by atoms with E-state index in [9.17, 15) is 4.39 Å². The largest absolute Gasteiger partial charge is 0.228 e. The van der Waals surface area contributed by atoms with Crippen molar-refractivity contribution in [2.45, 2.75) is 0 Å². The van der Waals surface area contributed by atoms with Gasteiger partial charge in [-0.25, -0.2) is 9.38 Å². The minimum atomic E-state index is -0.249. The molecular weight excluding hydrogens is 289 g/mol. The topological polar surface area (TPSA) is 12.4 Å². The minimum Gasteiger partial charge on any atom is -0.228 e. The fraction of sp³-hybridized carbons (Fsp3) is 0. The quantitative estimate of drug-likeness (QED) is 0.600. The van der Waals surface area contributed by atoms with Crippen molar-refractivity contribution in [1.82, 2.24) is 0 Å². The summed E-state index contributed by atoms with van der Waals surface area (Å²) in [5.74, 6) is -0.249. The summed E-state index contributed by atoms with van der Waals surface area (Å²) in [6.07, 6.45) is 0. The Labute approximate surface area is 116 Å². The van der Waals surface area contributed by atoms with E-state index in [4.69, 9.17) is 11.6 Å². The van der Waals surface area contributed by atoms with Crippen LogP contribution in [0.15, 0.2) is 47.5 Å². The van der Waals surface area contributed by atoms with E-state index < -0.39 is 0 Å². The molecule has 1 aromatic heterocycles. The van der Waals surface area contributed by atoms with E-state index in [0.717, 1.165) is 24.1 Å². The van der Waals surface area contributed by atoms with Gasteiger partial charge in [0.05, 0.1) is 5.69 Å². The molecule has 0 amide bonds. The number of hydrogen-bond acceptors (Lipinski definition) is 3. The summed E-state index contributed by atoms with van der Waals surface area (Å²) in [6.45, 7) is 0. The Balaban J connectivity index is 2.11. The molecule has 0 radical (unpaired) electrons. The van der Waals surface area contributed by atoms with Gasteiger partial charge in [-0.15, -0.1) is 22.7 Å². The first-order valence-corrected chi connectivity index (χ1v) is 7.21. The summed E-state index contributed by atoms with van der Waals surface area (Å²) >= 11 is 9.13. The van der Waals surface area contributed by atoms with Gasteiger partial charge in [-0.2, -0.15) is 0 Å². The van der Waals surface area contributed by atoms with Crippen LogP contribution in [-0.4, -0.2) is 0 Å². The third-order valence-electron chi connectivity index (χ3n) is 2.35. The molecule has 0 fully saturated rings. The van der Waals surface area contributed by atoms with Crippen LogP contribution in [-0.2, 0) is 0 Å². The number of hydrogen-bond donors (Lipinski definition) is 0. The van der Waals surface area contributed by atoms with Crippen molar-refractivity contribution in [3.8, 4) is 0 Å². The maximum atomic E-state index is 12.8. The van der Waals surface area contributed by atoms with Crippen molar-refractivity contribution in [1.29, 1.82) is 0 Å². The first kappa shape index (κ1) is 11.8. The van der Waals surface area contributed by atoms with Crippen LogP contribution < -0.4 is 3.98 Å². The zero-order valence-corrected chi connectivity index (χ0v) is 11.5. The third kappa shape index (κ3) is 2.46. The molecule has 0 atom stereocenters. The molecule has 0 aliphatic rings. The van der Waals surface area contributed by atoms with Gasteiger partial charge >= 0.3 is 0 Å². The molecule has 0 spiro atoms. The van der Waals surface area contributed by atoms with E-state index in [-0.39, 0.29) is 5.82 Å². The number of rotatable bonds is 1. The van der Waals surface area contributed by atoms with Crippen molar-refractivity contribution in [3.63, 3.8) is 0 Å². The van der Waals surface area contributed by atoms with E-state index in [2.05, 4.69) is 4.99 Å².